The lowest BCUT2D eigenvalue weighted by molar-refractivity contribution is -0.133. The van der Waals surface area contributed by atoms with E-state index in [4.69, 9.17) is 11.6 Å². The molecule has 1 saturated carbocycles. The van der Waals surface area contributed by atoms with Gasteiger partial charge in [0.2, 0.25) is 21.8 Å². The van der Waals surface area contributed by atoms with Crippen LogP contribution in [-0.2, 0) is 19.6 Å². The summed E-state index contributed by atoms with van der Waals surface area (Å²) in [6.07, 6.45) is 7.86. The molecule has 0 aromatic heterocycles. The van der Waals surface area contributed by atoms with Gasteiger partial charge in [0.05, 0.1) is 12.3 Å². The van der Waals surface area contributed by atoms with Gasteiger partial charge in [0, 0.05) is 23.3 Å². The van der Waals surface area contributed by atoms with Crippen LogP contribution in [0.1, 0.15) is 65.2 Å². The summed E-state index contributed by atoms with van der Waals surface area (Å²) in [6, 6.07) is 6.80. The van der Waals surface area contributed by atoms with E-state index in [1.165, 1.54) is 11.3 Å². The molecule has 1 aliphatic carbocycles. The zero-order valence-corrected chi connectivity index (χ0v) is 20.6. The van der Waals surface area contributed by atoms with Crippen molar-refractivity contribution in [3.63, 3.8) is 0 Å². The van der Waals surface area contributed by atoms with Crippen LogP contribution >= 0.6 is 11.6 Å². The Morgan fingerprint density at radius 3 is 2.47 bits per heavy atom. The van der Waals surface area contributed by atoms with Gasteiger partial charge in [-0.15, -0.1) is 0 Å². The number of carbonyl (C=O) groups is 2. The number of nitrogens with zero attached hydrogens (tertiary/aromatic N) is 2. The van der Waals surface area contributed by atoms with E-state index in [9.17, 15) is 18.0 Å². The molecule has 2 amide bonds. The van der Waals surface area contributed by atoms with E-state index in [1.807, 2.05) is 0 Å². The largest absolute Gasteiger partial charge is 0.351 e. The summed E-state index contributed by atoms with van der Waals surface area (Å²) in [5.74, 6) is -0.820. The zero-order chi connectivity index (χ0) is 23.4. The first-order valence-corrected chi connectivity index (χ1v) is 13.5. The Hall–Kier alpha value is -1.64. The van der Waals surface area contributed by atoms with E-state index >= 15 is 0 Å². The zero-order valence-electron chi connectivity index (χ0n) is 19.0. The molecule has 178 valence electrons. The van der Waals surface area contributed by atoms with Crippen LogP contribution in [0.3, 0.4) is 0 Å². The quantitative estimate of drug-likeness (QED) is 0.668. The molecule has 2 fully saturated rings. The maximum absolute atomic E-state index is 13.7. The fourth-order valence-electron chi connectivity index (χ4n) is 4.71. The lowest BCUT2D eigenvalue weighted by Gasteiger charge is -2.47. The first kappa shape index (κ1) is 25.0. The van der Waals surface area contributed by atoms with Gasteiger partial charge in [0.25, 0.3) is 0 Å². The molecule has 1 atom stereocenters. The van der Waals surface area contributed by atoms with E-state index in [2.05, 4.69) is 5.32 Å². The van der Waals surface area contributed by atoms with Crippen LogP contribution in [0.15, 0.2) is 24.3 Å². The van der Waals surface area contributed by atoms with E-state index in [0.29, 0.717) is 17.1 Å². The molecule has 1 heterocycles. The summed E-state index contributed by atoms with van der Waals surface area (Å²) in [7, 11) is -3.65. The summed E-state index contributed by atoms with van der Waals surface area (Å²) in [4.78, 5) is 28.4. The lowest BCUT2D eigenvalue weighted by Crippen LogP contribution is -2.71. The average molecular weight is 484 g/mol. The number of amides is 2. The van der Waals surface area contributed by atoms with E-state index < -0.39 is 21.5 Å². The summed E-state index contributed by atoms with van der Waals surface area (Å²) < 4.78 is 26.8. The first-order chi connectivity index (χ1) is 15.2. The number of nitrogens with one attached hydrogen (secondary N) is 1. The van der Waals surface area contributed by atoms with Crippen LogP contribution in [-0.4, -0.2) is 55.0 Å². The van der Waals surface area contributed by atoms with Crippen molar-refractivity contribution in [1.29, 1.82) is 0 Å². The standard InChI is InChI=1S/C23H34ClN3O4S/c1-3-14-32(30,31)26-16-21(28)27(20-13-9-10-18(24)15-20)23(2,17-26)22(29)25-19-11-7-5-4-6-8-12-19/h9-10,13,15,19H,3-8,11-12,14,16-17H2,1-2H3,(H,25,29). The molecule has 1 aliphatic heterocycles. The summed E-state index contributed by atoms with van der Waals surface area (Å²) in [6.45, 7) is 3.05. The number of rotatable bonds is 6. The van der Waals surface area contributed by atoms with E-state index in [0.717, 1.165) is 42.8 Å². The molecule has 0 spiro atoms. The number of halogens is 1. The normalized spacial score (nSPS) is 24.1. The van der Waals surface area contributed by atoms with Crippen LogP contribution in [0.5, 0.6) is 0 Å². The third-order valence-corrected chi connectivity index (χ3v) is 8.59. The van der Waals surface area contributed by atoms with Gasteiger partial charge in [-0.2, -0.15) is 4.31 Å². The fourth-order valence-corrected chi connectivity index (χ4v) is 6.42. The van der Waals surface area contributed by atoms with Gasteiger partial charge in [-0.3, -0.25) is 14.5 Å². The highest BCUT2D eigenvalue weighted by atomic mass is 35.5. The highest BCUT2D eigenvalue weighted by Gasteiger charge is 2.51. The van der Waals surface area contributed by atoms with Crippen molar-refractivity contribution < 1.29 is 18.0 Å². The van der Waals surface area contributed by atoms with Crippen LogP contribution in [0.2, 0.25) is 5.02 Å². The number of sulfonamides is 1. The van der Waals surface area contributed by atoms with Crippen LogP contribution in [0.25, 0.3) is 0 Å². The molecule has 32 heavy (non-hydrogen) atoms. The maximum atomic E-state index is 13.7. The minimum absolute atomic E-state index is 0.0264. The third-order valence-electron chi connectivity index (χ3n) is 6.39. The number of benzene rings is 1. The number of hydrogen-bond acceptors (Lipinski definition) is 4. The van der Waals surface area contributed by atoms with Crippen LogP contribution < -0.4 is 10.2 Å². The van der Waals surface area contributed by atoms with E-state index in [-0.39, 0.29) is 30.8 Å². The third kappa shape index (κ3) is 5.64. The topological polar surface area (TPSA) is 86.8 Å². The molecular formula is C23H34ClN3O4S. The van der Waals surface area contributed by atoms with Gasteiger partial charge in [-0.1, -0.05) is 56.7 Å². The molecular weight excluding hydrogens is 450 g/mol. The van der Waals surface area contributed by atoms with Crippen molar-refractivity contribution in [3.05, 3.63) is 29.3 Å². The van der Waals surface area contributed by atoms with Crippen LogP contribution in [0.4, 0.5) is 5.69 Å². The number of carbonyl (C=O) groups excluding carboxylic acids is 2. The van der Waals surface area contributed by atoms with Gasteiger partial charge < -0.3 is 5.32 Å². The molecule has 0 radical (unpaired) electrons. The molecule has 1 aromatic rings. The van der Waals surface area contributed by atoms with Crippen LogP contribution in [0, 0.1) is 0 Å². The summed E-state index contributed by atoms with van der Waals surface area (Å²) >= 11 is 6.17. The highest BCUT2D eigenvalue weighted by molar-refractivity contribution is 7.89. The predicted molar refractivity (Wildman–Crippen MR) is 127 cm³/mol. The van der Waals surface area contributed by atoms with Gasteiger partial charge in [-0.05, 0) is 44.4 Å². The predicted octanol–water partition coefficient (Wildman–Crippen LogP) is 3.72. The average Bonchev–Trinajstić information content (AvgIpc) is 2.69. The Labute approximate surface area is 196 Å². The first-order valence-electron chi connectivity index (χ1n) is 11.5. The van der Waals surface area contributed by atoms with Gasteiger partial charge in [0.15, 0.2) is 0 Å². The van der Waals surface area contributed by atoms with Crippen molar-refractivity contribution in [1.82, 2.24) is 9.62 Å². The summed E-state index contributed by atoms with van der Waals surface area (Å²) in [5.41, 5.74) is -0.895. The Kier molecular flexibility index (Phi) is 8.22. The monoisotopic (exact) mass is 483 g/mol. The fraction of sp³-hybridized carbons (Fsp3) is 0.652. The smallest absolute Gasteiger partial charge is 0.247 e. The molecule has 1 unspecified atom stereocenters. The Balaban J connectivity index is 1.95. The molecule has 3 rings (SSSR count). The molecule has 7 nitrogen and oxygen atoms in total. The Morgan fingerprint density at radius 2 is 1.84 bits per heavy atom. The van der Waals surface area contributed by atoms with Crippen molar-refractivity contribution >= 4 is 39.1 Å². The molecule has 0 bridgehead atoms. The maximum Gasteiger partial charge on any atom is 0.247 e. The SMILES string of the molecule is CCCS(=O)(=O)N1CC(=O)N(c2cccc(Cl)c2)C(C)(C(=O)NC2CCCCCCC2)C1. The summed E-state index contributed by atoms with van der Waals surface area (Å²) in [5, 5.41) is 3.59. The molecule has 1 saturated heterocycles. The highest BCUT2D eigenvalue weighted by Crippen LogP contribution is 2.32. The number of piperazine rings is 1. The Morgan fingerprint density at radius 1 is 1.19 bits per heavy atom. The van der Waals surface area contributed by atoms with Crippen molar-refractivity contribution in [3.8, 4) is 0 Å². The molecule has 2 aliphatic rings. The molecule has 1 aromatic carbocycles. The van der Waals surface area contributed by atoms with E-state index in [1.54, 1.807) is 38.1 Å². The second kappa shape index (κ2) is 10.5. The van der Waals surface area contributed by atoms with Gasteiger partial charge >= 0.3 is 0 Å². The number of anilines is 1. The second-order valence-corrected chi connectivity index (χ2v) is 11.6. The van der Waals surface area contributed by atoms with Crippen molar-refractivity contribution in [2.75, 3.05) is 23.7 Å². The Bertz CT molecular complexity index is 931. The minimum atomic E-state index is -3.65. The molecule has 9 heteroatoms. The van der Waals surface area contributed by atoms with Gasteiger partial charge in [0.1, 0.15) is 5.54 Å². The lowest BCUT2D eigenvalue weighted by atomic mass is 9.92. The van der Waals surface area contributed by atoms with Crippen molar-refractivity contribution in [2.45, 2.75) is 76.8 Å². The second-order valence-electron chi connectivity index (χ2n) is 9.08. The number of hydrogen-bond donors (Lipinski definition) is 1. The molecule has 1 N–H and O–H groups in total. The van der Waals surface area contributed by atoms with Crippen molar-refractivity contribution in [2.24, 2.45) is 0 Å². The van der Waals surface area contributed by atoms with Gasteiger partial charge in [-0.25, -0.2) is 8.42 Å². The minimum Gasteiger partial charge on any atom is -0.351 e.